The molecule has 4 rings (SSSR count). The van der Waals surface area contributed by atoms with E-state index in [4.69, 9.17) is 9.47 Å². The Balaban J connectivity index is 1.99. The van der Waals surface area contributed by atoms with Gasteiger partial charge in [0.05, 0.1) is 0 Å². The molecular formula is C26H18O4S. The molecule has 0 spiro atoms. The summed E-state index contributed by atoms with van der Waals surface area (Å²) in [6, 6.07) is 23.0. The average molecular weight is 426 g/mol. The van der Waals surface area contributed by atoms with Crippen molar-refractivity contribution in [2.45, 2.75) is 9.79 Å². The summed E-state index contributed by atoms with van der Waals surface area (Å²) in [6.07, 6.45) is 2.24. The van der Waals surface area contributed by atoms with Crippen LogP contribution in [-0.4, -0.2) is 11.9 Å². The first-order chi connectivity index (χ1) is 15.1. The Hall–Kier alpha value is -3.83. The molecule has 0 amide bonds. The molecule has 0 aliphatic carbocycles. The van der Waals surface area contributed by atoms with Crippen LogP contribution in [0.2, 0.25) is 0 Å². The summed E-state index contributed by atoms with van der Waals surface area (Å²) in [4.78, 5) is 26.2. The maximum atomic E-state index is 12.1. The quantitative estimate of drug-likeness (QED) is 0.156. The summed E-state index contributed by atoms with van der Waals surface area (Å²) in [5.41, 5.74) is 0. The molecule has 0 saturated heterocycles. The molecule has 0 aliphatic heterocycles. The van der Waals surface area contributed by atoms with Crippen LogP contribution in [0.15, 0.2) is 108 Å². The van der Waals surface area contributed by atoms with Gasteiger partial charge in [0.1, 0.15) is 11.5 Å². The molecule has 0 saturated carbocycles. The van der Waals surface area contributed by atoms with Gasteiger partial charge in [-0.2, -0.15) is 0 Å². The molecule has 0 N–H and O–H groups in total. The lowest BCUT2D eigenvalue weighted by Gasteiger charge is -2.16. The van der Waals surface area contributed by atoms with Crippen LogP contribution in [0, 0.1) is 0 Å². The van der Waals surface area contributed by atoms with E-state index in [2.05, 4.69) is 13.2 Å². The van der Waals surface area contributed by atoms with Gasteiger partial charge in [0.25, 0.3) is 0 Å². The van der Waals surface area contributed by atoms with Gasteiger partial charge in [0.15, 0.2) is 0 Å². The Morgan fingerprint density at radius 1 is 0.645 bits per heavy atom. The summed E-state index contributed by atoms with van der Waals surface area (Å²) < 4.78 is 11.3. The van der Waals surface area contributed by atoms with Gasteiger partial charge in [0, 0.05) is 43.5 Å². The molecule has 152 valence electrons. The predicted octanol–water partition coefficient (Wildman–Crippen LogP) is 6.33. The van der Waals surface area contributed by atoms with Crippen molar-refractivity contribution in [3.63, 3.8) is 0 Å². The van der Waals surface area contributed by atoms with Gasteiger partial charge < -0.3 is 9.47 Å². The Morgan fingerprint density at radius 3 is 1.74 bits per heavy atom. The van der Waals surface area contributed by atoms with E-state index in [1.165, 1.54) is 0 Å². The van der Waals surface area contributed by atoms with Crippen LogP contribution in [0.5, 0.6) is 11.5 Å². The van der Waals surface area contributed by atoms with E-state index in [1.54, 1.807) is 11.8 Å². The Kier molecular flexibility index (Phi) is 5.87. The van der Waals surface area contributed by atoms with E-state index in [1.807, 2.05) is 72.8 Å². The molecule has 4 nitrogen and oxygen atoms in total. The van der Waals surface area contributed by atoms with Gasteiger partial charge in [-0.3, -0.25) is 0 Å². The first-order valence-electron chi connectivity index (χ1n) is 9.50. The molecule has 0 heterocycles. The van der Waals surface area contributed by atoms with Gasteiger partial charge in [-0.1, -0.05) is 67.4 Å². The lowest BCUT2D eigenvalue weighted by Crippen LogP contribution is -2.07. The van der Waals surface area contributed by atoms with Crippen molar-refractivity contribution in [3.8, 4) is 11.5 Å². The van der Waals surface area contributed by atoms with E-state index in [9.17, 15) is 9.59 Å². The van der Waals surface area contributed by atoms with Crippen molar-refractivity contribution in [2.75, 3.05) is 0 Å². The van der Waals surface area contributed by atoms with Crippen molar-refractivity contribution in [1.29, 1.82) is 0 Å². The SMILES string of the molecule is C=CC(=O)Oc1c2ccccc2c(OC(=O)C=C)c2cc(Sc3ccccc3)ccc12. The maximum Gasteiger partial charge on any atom is 0.335 e. The Morgan fingerprint density at radius 2 is 1.16 bits per heavy atom. The van der Waals surface area contributed by atoms with E-state index >= 15 is 0 Å². The lowest BCUT2D eigenvalue weighted by atomic mass is 10.0. The van der Waals surface area contributed by atoms with E-state index < -0.39 is 11.9 Å². The summed E-state index contributed by atoms with van der Waals surface area (Å²) in [7, 11) is 0. The highest BCUT2D eigenvalue weighted by molar-refractivity contribution is 7.99. The zero-order valence-electron chi connectivity index (χ0n) is 16.5. The third kappa shape index (κ3) is 4.22. The molecule has 31 heavy (non-hydrogen) atoms. The predicted molar refractivity (Wildman–Crippen MR) is 124 cm³/mol. The summed E-state index contributed by atoms with van der Waals surface area (Å²) >= 11 is 1.58. The molecule has 0 bridgehead atoms. The van der Waals surface area contributed by atoms with Crippen LogP contribution in [0.4, 0.5) is 0 Å². The van der Waals surface area contributed by atoms with Gasteiger partial charge >= 0.3 is 11.9 Å². The first kappa shape index (κ1) is 20.4. The monoisotopic (exact) mass is 426 g/mol. The van der Waals surface area contributed by atoms with Crippen molar-refractivity contribution in [3.05, 3.63) is 98.1 Å². The summed E-state index contributed by atoms with van der Waals surface area (Å²) in [6.45, 7) is 6.99. The molecular weight excluding hydrogens is 408 g/mol. The van der Waals surface area contributed by atoms with E-state index in [-0.39, 0.29) is 0 Å². The number of benzene rings is 4. The van der Waals surface area contributed by atoms with Crippen molar-refractivity contribution in [2.24, 2.45) is 0 Å². The molecule has 4 aromatic rings. The maximum absolute atomic E-state index is 12.1. The molecule has 0 fully saturated rings. The zero-order valence-corrected chi connectivity index (χ0v) is 17.4. The minimum atomic E-state index is -0.566. The van der Waals surface area contributed by atoms with Crippen LogP contribution in [0.1, 0.15) is 0 Å². The average Bonchev–Trinajstić information content (AvgIpc) is 2.81. The number of rotatable bonds is 6. The lowest BCUT2D eigenvalue weighted by molar-refractivity contribution is -0.129. The third-order valence-electron chi connectivity index (χ3n) is 4.61. The number of carbonyl (C=O) groups is 2. The first-order valence-corrected chi connectivity index (χ1v) is 10.3. The number of hydrogen-bond donors (Lipinski definition) is 0. The highest BCUT2D eigenvalue weighted by Crippen LogP contribution is 2.44. The van der Waals surface area contributed by atoms with Gasteiger partial charge in [0.2, 0.25) is 0 Å². The smallest absolute Gasteiger partial charge is 0.335 e. The summed E-state index contributed by atoms with van der Waals surface area (Å²) in [5.74, 6) is -0.344. The van der Waals surface area contributed by atoms with Crippen molar-refractivity contribution >= 4 is 45.2 Å². The minimum absolute atomic E-state index is 0.393. The minimum Gasteiger partial charge on any atom is -0.422 e. The number of hydrogen-bond acceptors (Lipinski definition) is 5. The zero-order chi connectivity index (χ0) is 21.8. The number of fused-ring (bicyclic) bond motifs is 2. The van der Waals surface area contributed by atoms with Crippen molar-refractivity contribution in [1.82, 2.24) is 0 Å². The topological polar surface area (TPSA) is 52.6 Å². The van der Waals surface area contributed by atoms with Crippen LogP contribution in [0.25, 0.3) is 21.5 Å². The van der Waals surface area contributed by atoms with Gasteiger partial charge in [-0.05, 0) is 30.3 Å². The number of ether oxygens (including phenoxy) is 2. The van der Waals surface area contributed by atoms with Crippen LogP contribution >= 0.6 is 11.8 Å². The number of carbonyl (C=O) groups excluding carboxylic acids is 2. The molecule has 0 unspecified atom stereocenters. The van der Waals surface area contributed by atoms with Gasteiger partial charge in [-0.25, -0.2) is 9.59 Å². The normalized spacial score (nSPS) is 10.6. The second kappa shape index (κ2) is 8.90. The Labute approximate surface area is 183 Å². The highest BCUT2D eigenvalue weighted by atomic mass is 32.2. The van der Waals surface area contributed by atoms with Crippen molar-refractivity contribution < 1.29 is 19.1 Å². The van der Waals surface area contributed by atoms with Crippen LogP contribution in [-0.2, 0) is 9.59 Å². The standard InChI is InChI=1S/C26H18O4S/c1-3-23(27)29-25-19-12-8-9-13-20(19)26(30-24(28)4-2)22-16-18(14-15-21(22)25)31-17-10-6-5-7-11-17/h3-16H,1-2H2. The molecule has 0 atom stereocenters. The van der Waals surface area contributed by atoms with Gasteiger partial charge in [-0.15, -0.1) is 0 Å². The Bertz CT molecular complexity index is 1330. The number of esters is 2. The summed E-state index contributed by atoms with van der Waals surface area (Å²) in [5, 5.41) is 2.61. The fourth-order valence-corrected chi connectivity index (χ4v) is 4.15. The molecule has 0 radical (unpaired) electrons. The largest absolute Gasteiger partial charge is 0.422 e. The molecule has 0 aromatic heterocycles. The molecule has 0 aliphatic rings. The van der Waals surface area contributed by atoms with Crippen LogP contribution < -0.4 is 9.47 Å². The fraction of sp³-hybridized carbons (Fsp3) is 0. The van der Waals surface area contributed by atoms with Crippen LogP contribution in [0.3, 0.4) is 0 Å². The fourth-order valence-electron chi connectivity index (χ4n) is 3.27. The second-order valence-electron chi connectivity index (χ2n) is 6.58. The second-order valence-corrected chi connectivity index (χ2v) is 7.72. The molecule has 5 heteroatoms. The third-order valence-corrected chi connectivity index (χ3v) is 5.61. The molecule has 4 aromatic carbocycles. The highest BCUT2D eigenvalue weighted by Gasteiger charge is 2.19. The van der Waals surface area contributed by atoms with E-state index in [0.29, 0.717) is 33.0 Å². The van der Waals surface area contributed by atoms with E-state index in [0.717, 1.165) is 21.9 Å².